The van der Waals surface area contributed by atoms with E-state index in [1.165, 1.54) is 4.90 Å². The average molecular weight is 475 g/mol. The van der Waals surface area contributed by atoms with Crippen molar-refractivity contribution >= 4 is 29.9 Å². The Morgan fingerprint density at radius 2 is 2.16 bits per heavy atom. The van der Waals surface area contributed by atoms with Crippen LogP contribution < -0.4 is 10.6 Å². The third-order valence-corrected chi connectivity index (χ3v) is 3.78. The second-order valence-electron chi connectivity index (χ2n) is 5.71. The van der Waals surface area contributed by atoms with Crippen molar-refractivity contribution in [2.24, 2.45) is 4.99 Å². The number of aliphatic imine (C=N–C) groups is 1. The first-order valence-electron chi connectivity index (χ1n) is 8.12. The van der Waals surface area contributed by atoms with E-state index >= 15 is 0 Å². The van der Waals surface area contributed by atoms with Crippen LogP contribution in [0.5, 0.6) is 0 Å². The van der Waals surface area contributed by atoms with Gasteiger partial charge in [-0.15, -0.1) is 34.2 Å². The first-order chi connectivity index (χ1) is 11.4. The maximum absolute atomic E-state index is 12.5. The summed E-state index contributed by atoms with van der Waals surface area (Å²) in [5, 5.41) is 14.2. The Bertz CT molecular complexity index is 547. The van der Waals surface area contributed by atoms with Gasteiger partial charge in [0, 0.05) is 32.2 Å². The van der Waals surface area contributed by atoms with Crippen molar-refractivity contribution in [2.75, 3.05) is 26.2 Å². The summed E-state index contributed by atoms with van der Waals surface area (Å²) < 4.78 is 39.3. The molecule has 0 saturated carbocycles. The molecule has 7 nitrogen and oxygen atoms in total. The van der Waals surface area contributed by atoms with Crippen LogP contribution in [0, 0.1) is 0 Å². The molecule has 1 fully saturated rings. The third kappa shape index (κ3) is 7.34. The molecule has 11 heteroatoms. The molecular formula is C14H25F3IN7. The number of aryl methyl sites for hydroxylation is 1. The summed E-state index contributed by atoms with van der Waals surface area (Å²) in [7, 11) is 0. The molecule has 1 saturated heterocycles. The highest BCUT2D eigenvalue weighted by molar-refractivity contribution is 14.0. The molecule has 2 rings (SSSR count). The van der Waals surface area contributed by atoms with Crippen LogP contribution in [0.25, 0.3) is 0 Å². The van der Waals surface area contributed by atoms with Crippen LogP contribution in [0.15, 0.2) is 11.3 Å². The van der Waals surface area contributed by atoms with Gasteiger partial charge >= 0.3 is 6.18 Å². The molecule has 2 heterocycles. The monoisotopic (exact) mass is 475 g/mol. The van der Waals surface area contributed by atoms with Crippen LogP contribution in [-0.4, -0.2) is 64.0 Å². The van der Waals surface area contributed by atoms with Gasteiger partial charge < -0.3 is 15.2 Å². The van der Waals surface area contributed by atoms with Gasteiger partial charge in [-0.3, -0.25) is 4.90 Å². The summed E-state index contributed by atoms with van der Waals surface area (Å²) in [5.74, 6) is 1.34. The molecule has 1 aliphatic heterocycles. The lowest BCUT2D eigenvalue weighted by molar-refractivity contribution is -0.143. The van der Waals surface area contributed by atoms with E-state index in [0.29, 0.717) is 38.6 Å². The van der Waals surface area contributed by atoms with Crippen molar-refractivity contribution in [1.82, 2.24) is 30.3 Å². The predicted molar refractivity (Wildman–Crippen MR) is 100.0 cm³/mol. The van der Waals surface area contributed by atoms with Crippen LogP contribution in [0.4, 0.5) is 13.2 Å². The Labute approximate surface area is 162 Å². The summed E-state index contributed by atoms with van der Waals surface area (Å²) in [6, 6.07) is -0.0470. The number of hydrogen-bond donors (Lipinski definition) is 2. The molecule has 1 unspecified atom stereocenters. The molecule has 0 aromatic carbocycles. The van der Waals surface area contributed by atoms with Gasteiger partial charge in [0.15, 0.2) is 11.8 Å². The van der Waals surface area contributed by atoms with Gasteiger partial charge in [-0.1, -0.05) is 0 Å². The molecule has 0 spiro atoms. The first-order valence-corrected chi connectivity index (χ1v) is 8.12. The SMILES string of the molecule is CCNC(=NCc1nncn1CC)NC1CCN(CC(F)(F)F)C1.I. The fourth-order valence-corrected chi connectivity index (χ4v) is 2.68. The van der Waals surface area contributed by atoms with E-state index in [-0.39, 0.29) is 30.0 Å². The Hall–Kier alpha value is -1.11. The highest BCUT2D eigenvalue weighted by Crippen LogP contribution is 2.19. The molecule has 2 N–H and O–H groups in total. The molecule has 0 aliphatic carbocycles. The maximum Gasteiger partial charge on any atom is 0.401 e. The van der Waals surface area contributed by atoms with Crippen LogP contribution in [-0.2, 0) is 13.1 Å². The van der Waals surface area contributed by atoms with Crippen LogP contribution in [0.1, 0.15) is 26.1 Å². The Balaban J connectivity index is 0.00000312. The number of guanidine groups is 1. The van der Waals surface area contributed by atoms with E-state index in [1.807, 2.05) is 18.4 Å². The number of nitrogens with zero attached hydrogens (tertiary/aromatic N) is 5. The smallest absolute Gasteiger partial charge is 0.357 e. The largest absolute Gasteiger partial charge is 0.401 e. The normalized spacial score (nSPS) is 18.9. The molecule has 1 aromatic heterocycles. The predicted octanol–water partition coefficient (Wildman–Crippen LogP) is 1.61. The second-order valence-corrected chi connectivity index (χ2v) is 5.71. The van der Waals surface area contributed by atoms with Crippen molar-refractivity contribution in [2.45, 2.75) is 45.6 Å². The van der Waals surface area contributed by atoms with Crippen LogP contribution in [0.3, 0.4) is 0 Å². The van der Waals surface area contributed by atoms with Crippen LogP contribution in [0.2, 0.25) is 0 Å². The number of rotatable bonds is 6. The van der Waals surface area contributed by atoms with Crippen molar-refractivity contribution < 1.29 is 13.2 Å². The number of alkyl halides is 3. The Morgan fingerprint density at radius 3 is 2.80 bits per heavy atom. The number of likely N-dealkylation sites (tertiary alicyclic amines) is 1. The molecule has 0 amide bonds. The van der Waals surface area contributed by atoms with Gasteiger partial charge in [0.25, 0.3) is 0 Å². The lowest BCUT2D eigenvalue weighted by atomic mass is 10.3. The van der Waals surface area contributed by atoms with E-state index in [1.54, 1.807) is 6.33 Å². The van der Waals surface area contributed by atoms with Crippen LogP contribution >= 0.6 is 24.0 Å². The minimum absolute atomic E-state index is 0. The van der Waals surface area contributed by atoms with E-state index < -0.39 is 12.7 Å². The summed E-state index contributed by atoms with van der Waals surface area (Å²) in [6.45, 7) is 5.66. The van der Waals surface area contributed by atoms with Crippen molar-refractivity contribution in [3.05, 3.63) is 12.2 Å². The molecule has 1 atom stereocenters. The van der Waals surface area contributed by atoms with Gasteiger partial charge in [-0.05, 0) is 20.3 Å². The summed E-state index contributed by atoms with van der Waals surface area (Å²) >= 11 is 0. The van der Waals surface area contributed by atoms with E-state index in [9.17, 15) is 13.2 Å². The summed E-state index contributed by atoms with van der Waals surface area (Å²) in [5.41, 5.74) is 0. The van der Waals surface area contributed by atoms with Gasteiger partial charge in [0.1, 0.15) is 12.9 Å². The van der Waals surface area contributed by atoms with E-state index in [0.717, 1.165) is 12.4 Å². The summed E-state index contributed by atoms with van der Waals surface area (Å²) in [6.07, 6.45) is -1.85. The van der Waals surface area contributed by atoms with Gasteiger partial charge in [-0.2, -0.15) is 13.2 Å². The second kappa shape index (κ2) is 10.1. The molecule has 0 bridgehead atoms. The molecule has 25 heavy (non-hydrogen) atoms. The standard InChI is InChI=1S/C14H24F3N7.HI/c1-3-18-13(19-7-12-22-20-10-24(12)4-2)21-11-5-6-23(8-11)9-14(15,16)17;/h10-11H,3-9H2,1-2H3,(H2,18,19,21);1H. The zero-order valence-electron chi connectivity index (χ0n) is 14.4. The highest BCUT2D eigenvalue weighted by atomic mass is 127. The topological polar surface area (TPSA) is 70.4 Å². The zero-order chi connectivity index (χ0) is 17.6. The average Bonchev–Trinajstić information content (AvgIpc) is 3.12. The van der Waals surface area contributed by atoms with E-state index in [4.69, 9.17) is 0 Å². The lowest BCUT2D eigenvalue weighted by Crippen LogP contribution is -2.45. The molecule has 1 aliphatic rings. The fourth-order valence-electron chi connectivity index (χ4n) is 2.68. The van der Waals surface area contributed by atoms with Crippen molar-refractivity contribution in [3.8, 4) is 0 Å². The number of hydrogen-bond acceptors (Lipinski definition) is 4. The molecule has 1 aromatic rings. The first kappa shape index (κ1) is 21.9. The van der Waals surface area contributed by atoms with Gasteiger partial charge in [0.2, 0.25) is 0 Å². The molecule has 144 valence electrons. The van der Waals surface area contributed by atoms with Crippen molar-refractivity contribution in [3.63, 3.8) is 0 Å². The third-order valence-electron chi connectivity index (χ3n) is 3.78. The lowest BCUT2D eigenvalue weighted by Gasteiger charge is -2.19. The summed E-state index contributed by atoms with van der Waals surface area (Å²) in [4.78, 5) is 5.87. The molecule has 0 radical (unpaired) electrons. The zero-order valence-corrected chi connectivity index (χ0v) is 16.7. The van der Waals surface area contributed by atoms with Gasteiger partial charge in [0.05, 0.1) is 6.54 Å². The minimum atomic E-state index is -4.16. The number of nitrogens with one attached hydrogen (secondary N) is 2. The van der Waals surface area contributed by atoms with Gasteiger partial charge in [-0.25, -0.2) is 4.99 Å². The highest BCUT2D eigenvalue weighted by Gasteiger charge is 2.34. The van der Waals surface area contributed by atoms with E-state index in [2.05, 4.69) is 25.8 Å². The van der Waals surface area contributed by atoms with Crippen molar-refractivity contribution in [1.29, 1.82) is 0 Å². The number of aromatic nitrogens is 3. The molecular weight excluding hydrogens is 450 g/mol. The minimum Gasteiger partial charge on any atom is -0.357 e. The maximum atomic E-state index is 12.5. The Kier molecular flexibility index (Phi) is 8.89. The number of halogens is 4. The Morgan fingerprint density at radius 1 is 1.40 bits per heavy atom. The fraction of sp³-hybridized carbons (Fsp3) is 0.786. The quantitative estimate of drug-likeness (QED) is 0.372.